The molecule has 0 atom stereocenters. The molecule has 2 aromatic rings. The zero-order valence-corrected chi connectivity index (χ0v) is 18.3. The molecule has 2 fully saturated rings. The van der Waals surface area contributed by atoms with Crippen molar-refractivity contribution in [3.05, 3.63) is 59.9 Å². The molecule has 0 bridgehead atoms. The Kier molecular flexibility index (Phi) is 6.06. The first kappa shape index (κ1) is 21.5. The number of carbonyl (C=O) groups is 2. The molecular weight excluding hydrogens is 416 g/mol. The van der Waals surface area contributed by atoms with Crippen molar-refractivity contribution in [2.45, 2.75) is 37.2 Å². The van der Waals surface area contributed by atoms with Gasteiger partial charge in [-0.15, -0.1) is 0 Å². The van der Waals surface area contributed by atoms with E-state index in [0.29, 0.717) is 25.2 Å². The van der Waals surface area contributed by atoms with E-state index in [1.807, 2.05) is 23.1 Å². The van der Waals surface area contributed by atoms with Gasteiger partial charge in [0.2, 0.25) is 15.9 Å². The number of sulfonamides is 1. The molecule has 0 N–H and O–H groups in total. The number of pyridine rings is 1. The summed E-state index contributed by atoms with van der Waals surface area (Å²) < 4.78 is 27.3. The standard InChI is InChI=1S/C22H26N4O4S/c1-17(27)24-12-14-25(15-13-24)31(29,30)21-9-5-18(6-10-21)22(28)26(20-7-8-20)16-19-4-2-3-11-23-19/h2-6,9-11,20H,7-8,12-16H2,1H3. The Morgan fingerprint density at radius 1 is 1.03 bits per heavy atom. The topological polar surface area (TPSA) is 90.9 Å². The molecule has 4 rings (SSSR count). The van der Waals surface area contributed by atoms with Crippen molar-refractivity contribution in [1.82, 2.24) is 19.1 Å². The molecule has 1 saturated heterocycles. The Bertz CT molecular complexity index is 1040. The molecule has 2 amide bonds. The molecule has 0 radical (unpaired) electrons. The maximum Gasteiger partial charge on any atom is 0.254 e. The zero-order valence-electron chi connectivity index (χ0n) is 17.5. The van der Waals surface area contributed by atoms with Crippen LogP contribution in [-0.2, 0) is 21.4 Å². The predicted octanol–water partition coefficient (Wildman–Crippen LogP) is 1.74. The summed E-state index contributed by atoms with van der Waals surface area (Å²) in [5, 5.41) is 0. The van der Waals surface area contributed by atoms with E-state index in [1.54, 1.807) is 23.2 Å². The second-order valence-corrected chi connectivity index (χ2v) is 9.86. The summed E-state index contributed by atoms with van der Waals surface area (Å²) in [6, 6.07) is 12.0. The number of piperazine rings is 1. The highest BCUT2D eigenvalue weighted by Gasteiger charge is 2.34. The van der Waals surface area contributed by atoms with Crippen molar-refractivity contribution in [2.24, 2.45) is 0 Å². The first-order valence-electron chi connectivity index (χ1n) is 10.4. The number of aromatic nitrogens is 1. The molecule has 31 heavy (non-hydrogen) atoms. The lowest BCUT2D eigenvalue weighted by Gasteiger charge is -2.33. The molecule has 8 nitrogen and oxygen atoms in total. The number of rotatable bonds is 6. The largest absolute Gasteiger partial charge is 0.340 e. The molecule has 164 valence electrons. The quantitative estimate of drug-likeness (QED) is 0.680. The van der Waals surface area contributed by atoms with Gasteiger partial charge in [0.1, 0.15) is 0 Å². The van der Waals surface area contributed by atoms with Gasteiger partial charge in [0, 0.05) is 50.9 Å². The SMILES string of the molecule is CC(=O)N1CCN(S(=O)(=O)c2ccc(C(=O)N(Cc3ccccn3)C3CC3)cc2)CC1. The molecule has 9 heteroatoms. The van der Waals surface area contributed by atoms with E-state index in [4.69, 9.17) is 0 Å². The number of carbonyl (C=O) groups excluding carboxylic acids is 2. The maximum atomic E-state index is 13.1. The summed E-state index contributed by atoms with van der Waals surface area (Å²) in [5.74, 6) is -0.169. The van der Waals surface area contributed by atoms with Crippen molar-refractivity contribution in [2.75, 3.05) is 26.2 Å². The molecule has 1 aliphatic heterocycles. The highest BCUT2D eigenvalue weighted by atomic mass is 32.2. The van der Waals surface area contributed by atoms with Crippen LogP contribution in [0.3, 0.4) is 0 Å². The molecule has 1 saturated carbocycles. The van der Waals surface area contributed by atoms with Crippen LogP contribution in [0.5, 0.6) is 0 Å². The van der Waals surface area contributed by atoms with E-state index in [-0.39, 0.29) is 35.8 Å². The smallest absolute Gasteiger partial charge is 0.254 e. The molecule has 0 spiro atoms. The predicted molar refractivity (Wildman–Crippen MR) is 115 cm³/mol. The minimum Gasteiger partial charge on any atom is -0.340 e. The third-order valence-electron chi connectivity index (χ3n) is 5.73. The molecule has 0 unspecified atom stereocenters. The third-order valence-corrected chi connectivity index (χ3v) is 7.64. The minimum atomic E-state index is -3.67. The number of amides is 2. The van der Waals surface area contributed by atoms with Crippen LogP contribution in [0, 0.1) is 0 Å². The molecule has 2 aliphatic rings. The van der Waals surface area contributed by atoms with E-state index in [2.05, 4.69) is 4.98 Å². The Hall–Kier alpha value is -2.78. The van der Waals surface area contributed by atoms with Crippen LogP contribution >= 0.6 is 0 Å². The zero-order chi connectivity index (χ0) is 22.0. The van der Waals surface area contributed by atoms with Gasteiger partial charge in [0.05, 0.1) is 17.1 Å². The highest BCUT2D eigenvalue weighted by Crippen LogP contribution is 2.30. The van der Waals surface area contributed by atoms with Crippen LogP contribution in [0.15, 0.2) is 53.6 Å². The molecular formula is C22H26N4O4S. The van der Waals surface area contributed by atoms with Gasteiger partial charge in [0.15, 0.2) is 0 Å². The van der Waals surface area contributed by atoms with Gasteiger partial charge in [-0.3, -0.25) is 14.6 Å². The fourth-order valence-corrected chi connectivity index (χ4v) is 5.17. The molecule has 1 aromatic carbocycles. The summed E-state index contributed by atoms with van der Waals surface area (Å²) in [5.41, 5.74) is 1.29. The van der Waals surface area contributed by atoms with Crippen LogP contribution in [-0.4, -0.2) is 71.5 Å². The summed E-state index contributed by atoms with van der Waals surface area (Å²) in [6.45, 7) is 3.22. The number of benzene rings is 1. The summed E-state index contributed by atoms with van der Waals surface area (Å²) in [6.07, 6.45) is 3.65. The second-order valence-electron chi connectivity index (χ2n) is 7.92. The van der Waals surface area contributed by atoms with Crippen molar-refractivity contribution in [3.63, 3.8) is 0 Å². The Morgan fingerprint density at radius 3 is 2.26 bits per heavy atom. The first-order valence-corrected chi connectivity index (χ1v) is 11.9. The van der Waals surface area contributed by atoms with E-state index in [1.165, 1.54) is 23.4 Å². The van der Waals surface area contributed by atoms with Gasteiger partial charge in [-0.1, -0.05) is 6.07 Å². The highest BCUT2D eigenvalue weighted by molar-refractivity contribution is 7.89. The summed E-state index contributed by atoms with van der Waals surface area (Å²) >= 11 is 0. The Labute approximate surface area is 182 Å². The minimum absolute atomic E-state index is 0.0502. The summed E-state index contributed by atoms with van der Waals surface area (Å²) in [7, 11) is -3.67. The molecule has 1 aromatic heterocycles. The number of hydrogen-bond acceptors (Lipinski definition) is 5. The molecule has 2 heterocycles. The maximum absolute atomic E-state index is 13.1. The lowest BCUT2D eigenvalue weighted by molar-refractivity contribution is -0.129. The van der Waals surface area contributed by atoms with E-state index in [9.17, 15) is 18.0 Å². The fourth-order valence-electron chi connectivity index (χ4n) is 3.75. The average molecular weight is 443 g/mol. The molecule has 1 aliphatic carbocycles. The van der Waals surface area contributed by atoms with Gasteiger partial charge in [0.25, 0.3) is 5.91 Å². The normalized spacial score (nSPS) is 17.4. The van der Waals surface area contributed by atoms with Crippen molar-refractivity contribution in [3.8, 4) is 0 Å². The van der Waals surface area contributed by atoms with Gasteiger partial charge in [-0.2, -0.15) is 4.31 Å². The van der Waals surface area contributed by atoms with E-state index >= 15 is 0 Å². The number of nitrogens with zero attached hydrogens (tertiary/aromatic N) is 4. The van der Waals surface area contributed by atoms with Crippen LogP contribution in [0.4, 0.5) is 0 Å². The van der Waals surface area contributed by atoms with E-state index < -0.39 is 10.0 Å². The van der Waals surface area contributed by atoms with Crippen LogP contribution in [0.2, 0.25) is 0 Å². The van der Waals surface area contributed by atoms with Gasteiger partial charge in [-0.05, 0) is 49.2 Å². The van der Waals surface area contributed by atoms with Gasteiger partial charge >= 0.3 is 0 Å². The second kappa shape index (κ2) is 8.76. The monoisotopic (exact) mass is 442 g/mol. The fraction of sp³-hybridized carbons (Fsp3) is 0.409. The lowest BCUT2D eigenvalue weighted by Crippen LogP contribution is -2.49. The van der Waals surface area contributed by atoms with Crippen LogP contribution in [0.25, 0.3) is 0 Å². The third kappa shape index (κ3) is 4.77. The van der Waals surface area contributed by atoms with Crippen molar-refractivity contribution in [1.29, 1.82) is 0 Å². The number of hydrogen-bond donors (Lipinski definition) is 0. The van der Waals surface area contributed by atoms with Crippen molar-refractivity contribution >= 4 is 21.8 Å². The summed E-state index contributed by atoms with van der Waals surface area (Å²) in [4.78, 5) is 32.5. The van der Waals surface area contributed by atoms with Crippen LogP contribution in [0.1, 0.15) is 35.8 Å². The first-order chi connectivity index (χ1) is 14.9. The van der Waals surface area contributed by atoms with Crippen LogP contribution < -0.4 is 0 Å². The van der Waals surface area contributed by atoms with E-state index in [0.717, 1.165) is 18.5 Å². The van der Waals surface area contributed by atoms with Gasteiger partial charge < -0.3 is 9.80 Å². The van der Waals surface area contributed by atoms with Crippen molar-refractivity contribution < 1.29 is 18.0 Å². The lowest BCUT2D eigenvalue weighted by atomic mass is 10.2. The Balaban J connectivity index is 1.47. The van der Waals surface area contributed by atoms with Gasteiger partial charge in [-0.25, -0.2) is 8.42 Å². The Morgan fingerprint density at radius 2 is 1.71 bits per heavy atom. The average Bonchev–Trinajstić information content (AvgIpc) is 3.63.